The molecule has 0 aromatic heterocycles. The van der Waals surface area contributed by atoms with E-state index in [4.69, 9.17) is 0 Å². The minimum Gasteiger partial charge on any atom is -0.303 e. The van der Waals surface area contributed by atoms with Crippen molar-refractivity contribution in [3.05, 3.63) is 11.6 Å². The fourth-order valence-electron chi connectivity index (χ4n) is 2.29. The van der Waals surface area contributed by atoms with Gasteiger partial charge in [-0.15, -0.1) is 0 Å². The minimum absolute atomic E-state index is 0.0737. The van der Waals surface area contributed by atoms with E-state index in [-0.39, 0.29) is 5.41 Å². The van der Waals surface area contributed by atoms with Gasteiger partial charge in [0.15, 0.2) is 0 Å². The predicted molar refractivity (Wildman–Crippen MR) is 60.6 cm³/mol. The zero-order valence-corrected chi connectivity index (χ0v) is 9.88. The Hall–Kier alpha value is -0.920. The van der Waals surface area contributed by atoms with Crippen molar-refractivity contribution in [3.8, 4) is 0 Å². The number of aldehydes is 1. The van der Waals surface area contributed by atoms with E-state index in [0.29, 0.717) is 31.0 Å². The molecular formula is C13H20O2. The van der Waals surface area contributed by atoms with Crippen molar-refractivity contribution < 1.29 is 9.59 Å². The Kier molecular flexibility index (Phi) is 3.83. The Morgan fingerprint density at radius 2 is 2.27 bits per heavy atom. The summed E-state index contributed by atoms with van der Waals surface area (Å²) in [4.78, 5) is 21.9. The zero-order valence-electron chi connectivity index (χ0n) is 9.88. The molecule has 2 heteroatoms. The van der Waals surface area contributed by atoms with Crippen LogP contribution in [0.1, 0.15) is 46.5 Å². The lowest BCUT2D eigenvalue weighted by Gasteiger charge is -2.23. The molecule has 0 aromatic rings. The second kappa shape index (κ2) is 4.73. The number of carbonyl (C=O) groups is 2. The average Bonchev–Trinajstić information content (AvgIpc) is 2.42. The van der Waals surface area contributed by atoms with Crippen molar-refractivity contribution in [2.45, 2.75) is 46.5 Å². The van der Waals surface area contributed by atoms with E-state index in [1.807, 2.05) is 6.92 Å². The van der Waals surface area contributed by atoms with Crippen LogP contribution in [0, 0.1) is 11.3 Å². The maximum absolute atomic E-state index is 11.3. The molecule has 1 aliphatic carbocycles. The van der Waals surface area contributed by atoms with Crippen molar-refractivity contribution in [3.63, 3.8) is 0 Å². The van der Waals surface area contributed by atoms with Crippen molar-refractivity contribution >= 4 is 12.1 Å². The van der Waals surface area contributed by atoms with Crippen LogP contribution in [0.2, 0.25) is 0 Å². The van der Waals surface area contributed by atoms with E-state index < -0.39 is 0 Å². The summed E-state index contributed by atoms with van der Waals surface area (Å²) in [7, 11) is 0. The zero-order chi connectivity index (χ0) is 11.5. The van der Waals surface area contributed by atoms with Gasteiger partial charge in [-0.05, 0) is 17.8 Å². The van der Waals surface area contributed by atoms with Crippen molar-refractivity contribution in [2.75, 3.05) is 0 Å². The minimum atomic E-state index is 0.0737. The highest BCUT2D eigenvalue weighted by molar-refractivity contribution is 5.80. The molecule has 0 aliphatic heterocycles. The van der Waals surface area contributed by atoms with E-state index in [0.717, 1.165) is 12.7 Å². The smallest absolute Gasteiger partial charge is 0.136 e. The highest BCUT2D eigenvalue weighted by Gasteiger charge is 2.33. The summed E-state index contributed by atoms with van der Waals surface area (Å²) in [6, 6.07) is 0. The molecule has 1 aliphatic rings. The van der Waals surface area contributed by atoms with Gasteiger partial charge in [0.25, 0.3) is 0 Å². The molecule has 0 heterocycles. The fraction of sp³-hybridized carbons (Fsp3) is 0.692. The Bertz CT molecular complexity index is 287. The van der Waals surface area contributed by atoms with Crippen LogP contribution in [-0.4, -0.2) is 12.1 Å². The first-order chi connectivity index (χ1) is 6.99. The molecular weight excluding hydrogens is 188 g/mol. The maximum Gasteiger partial charge on any atom is 0.136 e. The Morgan fingerprint density at radius 3 is 2.80 bits per heavy atom. The quantitative estimate of drug-likeness (QED) is 0.514. The topological polar surface area (TPSA) is 34.1 Å². The number of Topliss-reactive ketones (excluding diaryl/α,β-unsaturated/α-hetero) is 1. The van der Waals surface area contributed by atoms with Crippen molar-refractivity contribution in [2.24, 2.45) is 11.3 Å². The lowest BCUT2D eigenvalue weighted by atomic mass is 9.80. The third-order valence-electron chi connectivity index (χ3n) is 3.34. The molecule has 1 rings (SSSR count). The molecule has 2 nitrogen and oxygen atoms in total. The molecule has 0 bridgehead atoms. The monoisotopic (exact) mass is 208 g/mol. The lowest BCUT2D eigenvalue weighted by molar-refractivity contribution is -0.118. The molecule has 0 radical (unpaired) electrons. The molecule has 84 valence electrons. The van der Waals surface area contributed by atoms with E-state index in [2.05, 4.69) is 19.9 Å². The number of hydrogen-bond acceptors (Lipinski definition) is 2. The predicted octanol–water partition coefficient (Wildman–Crippen LogP) is 2.92. The summed E-state index contributed by atoms with van der Waals surface area (Å²) in [6.07, 6.45) is 5.88. The standard InChI is InChI=1S/C13H20O2/c1-4-12(15)8-10-7-11(5-6-14)13(2,3)9-10/h6,9,11H,4-5,7-8H2,1-3H3/t11-/m0/s1. The van der Waals surface area contributed by atoms with Gasteiger partial charge in [-0.25, -0.2) is 0 Å². The largest absolute Gasteiger partial charge is 0.303 e. The average molecular weight is 208 g/mol. The number of allylic oxidation sites excluding steroid dienone is 2. The van der Waals surface area contributed by atoms with E-state index >= 15 is 0 Å². The highest BCUT2D eigenvalue weighted by atomic mass is 16.1. The Morgan fingerprint density at radius 1 is 1.60 bits per heavy atom. The van der Waals surface area contributed by atoms with Crippen LogP contribution in [0.25, 0.3) is 0 Å². The van der Waals surface area contributed by atoms with Crippen molar-refractivity contribution in [1.29, 1.82) is 0 Å². The van der Waals surface area contributed by atoms with Crippen LogP contribution in [-0.2, 0) is 9.59 Å². The summed E-state index contributed by atoms with van der Waals surface area (Å²) < 4.78 is 0. The molecule has 1 atom stereocenters. The summed E-state index contributed by atoms with van der Waals surface area (Å²) in [5.74, 6) is 0.679. The van der Waals surface area contributed by atoms with Crippen LogP contribution < -0.4 is 0 Å². The molecule has 0 saturated heterocycles. The first kappa shape index (κ1) is 12.2. The summed E-state index contributed by atoms with van der Waals surface area (Å²) in [6.45, 7) is 6.18. The van der Waals surface area contributed by atoms with Crippen LogP contribution in [0.5, 0.6) is 0 Å². The molecule has 0 N–H and O–H groups in total. The second-order valence-corrected chi connectivity index (χ2v) is 5.00. The Labute approximate surface area is 91.7 Å². The lowest BCUT2D eigenvalue weighted by Crippen LogP contribution is -2.17. The summed E-state index contributed by atoms with van der Waals surface area (Å²) >= 11 is 0. The number of rotatable bonds is 5. The van der Waals surface area contributed by atoms with Gasteiger partial charge in [0.05, 0.1) is 0 Å². The first-order valence-corrected chi connectivity index (χ1v) is 5.65. The first-order valence-electron chi connectivity index (χ1n) is 5.65. The SMILES string of the molecule is CCC(=O)CC1=CC(C)(C)[C@@H](CC=O)C1. The van der Waals surface area contributed by atoms with E-state index in [1.54, 1.807) is 0 Å². The van der Waals surface area contributed by atoms with Gasteiger partial charge in [0, 0.05) is 19.3 Å². The molecule has 0 fully saturated rings. The maximum atomic E-state index is 11.3. The van der Waals surface area contributed by atoms with Gasteiger partial charge in [-0.2, -0.15) is 0 Å². The molecule has 15 heavy (non-hydrogen) atoms. The Balaban J connectivity index is 2.64. The van der Waals surface area contributed by atoms with Gasteiger partial charge in [-0.3, -0.25) is 4.79 Å². The van der Waals surface area contributed by atoms with Gasteiger partial charge < -0.3 is 4.79 Å². The second-order valence-electron chi connectivity index (χ2n) is 5.00. The van der Waals surface area contributed by atoms with Gasteiger partial charge >= 0.3 is 0 Å². The summed E-state index contributed by atoms with van der Waals surface area (Å²) in [5.41, 5.74) is 1.29. The van der Waals surface area contributed by atoms with Crippen LogP contribution in [0.15, 0.2) is 11.6 Å². The van der Waals surface area contributed by atoms with Crippen LogP contribution in [0.4, 0.5) is 0 Å². The van der Waals surface area contributed by atoms with Crippen LogP contribution >= 0.6 is 0 Å². The molecule has 0 amide bonds. The van der Waals surface area contributed by atoms with E-state index in [1.165, 1.54) is 5.57 Å². The third-order valence-corrected chi connectivity index (χ3v) is 3.34. The molecule has 0 unspecified atom stereocenters. The molecule has 0 aromatic carbocycles. The third kappa shape index (κ3) is 3.01. The van der Waals surface area contributed by atoms with Crippen LogP contribution in [0.3, 0.4) is 0 Å². The van der Waals surface area contributed by atoms with Gasteiger partial charge in [0.2, 0.25) is 0 Å². The molecule has 0 saturated carbocycles. The van der Waals surface area contributed by atoms with E-state index in [9.17, 15) is 9.59 Å². The van der Waals surface area contributed by atoms with Gasteiger partial charge in [0.1, 0.15) is 12.1 Å². The van der Waals surface area contributed by atoms with Gasteiger partial charge in [-0.1, -0.05) is 32.4 Å². The highest BCUT2D eigenvalue weighted by Crippen LogP contribution is 2.43. The number of ketones is 1. The number of hydrogen-bond donors (Lipinski definition) is 0. The summed E-state index contributed by atoms with van der Waals surface area (Å²) in [5, 5.41) is 0. The van der Waals surface area contributed by atoms with Crippen molar-refractivity contribution in [1.82, 2.24) is 0 Å². The fourth-order valence-corrected chi connectivity index (χ4v) is 2.29. The molecule has 0 spiro atoms. The number of carbonyl (C=O) groups excluding carboxylic acids is 2. The normalized spacial score (nSPS) is 23.7.